The third-order valence-electron chi connectivity index (χ3n) is 2.45. The van der Waals surface area contributed by atoms with Gasteiger partial charge in [0.05, 0.1) is 0 Å². The van der Waals surface area contributed by atoms with Crippen LogP contribution < -0.4 is 0 Å². The van der Waals surface area contributed by atoms with Gasteiger partial charge in [-0.2, -0.15) is 0 Å². The van der Waals surface area contributed by atoms with Crippen molar-refractivity contribution in [3.63, 3.8) is 0 Å². The molecule has 0 heteroatoms. The minimum atomic E-state index is 0.988. The van der Waals surface area contributed by atoms with E-state index in [2.05, 4.69) is 39.8 Å². The number of hydrogen-bond donors (Lipinski definition) is 0. The molecule has 0 aromatic heterocycles. The smallest absolute Gasteiger partial charge is 0.0279 e. The maximum absolute atomic E-state index is 3.86. The van der Waals surface area contributed by atoms with Crippen molar-refractivity contribution in [1.82, 2.24) is 0 Å². The Labute approximate surface area is 75.6 Å². The quantitative estimate of drug-likeness (QED) is 0.623. The Balaban J connectivity index is 3.04. The van der Waals surface area contributed by atoms with E-state index in [1.807, 2.05) is 0 Å². The van der Waals surface area contributed by atoms with E-state index >= 15 is 0 Å². The molecule has 12 heavy (non-hydrogen) atoms. The number of aryl methyl sites for hydroxylation is 3. The standard InChI is InChI=1S/C12H17/c1-5-6-12-7-9(2)11(4)10(3)8-12/h7-8H,1,5-6H2,2-4H3. The van der Waals surface area contributed by atoms with Crippen molar-refractivity contribution in [2.45, 2.75) is 33.6 Å². The third kappa shape index (κ3) is 1.88. The SMILES string of the molecule is [CH2]CCc1cc(C)c(C)c(C)c1. The van der Waals surface area contributed by atoms with E-state index in [4.69, 9.17) is 0 Å². The summed E-state index contributed by atoms with van der Waals surface area (Å²) in [6.07, 6.45) is 2.09. The molecule has 0 atom stereocenters. The second kappa shape index (κ2) is 3.75. The van der Waals surface area contributed by atoms with Crippen molar-refractivity contribution in [3.05, 3.63) is 41.3 Å². The number of hydrogen-bond acceptors (Lipinski definition) is 0. The average molecular weight is 161 g/mol. The Morgan fingerprint density at radius 3 is 2.00 bits per heavy atom. The van der Waals surface area contributed by atoms with Crippen molar-refractivity contribution >= 4 is 0 Å². The molecule has 65 valence electrons. The largest absolute Gasteiger partial charge is 0.0558 e. The highest BCUT2D eigenvalue weighted by molar-refractivity contribution is 5.36. The van der Waals surface area contributed by atoms with Crippen LogP contribution in [0.25, 0.3) is 0 Å². The molecule has 0 bridgehead atoms. The molecule has 0 fully saturated rings. The summed E-state index contributed by atoms with van der Waals surface area (Å²) in [5, 5.41) is 0. The third-order valence-corrected chi connectivity index (χ3v) is 2.45. The van der Waals surface area contributed by atoms with Gasteiger partial charge in [0.25, 0.3) is 0 Å². The predicted octanol–water partition coefficient (Wildman–Crippen LogP) is 3.38. The second-order valence-corrected chi connectivity index (χ2v) is 3.46. The number of rotatable bonds is 2. The zero-order valence-corrected chi connectivity index (χ0v) is 8.28. The van der Waals surface area contributed by atoms with Crippen molar-refractivity contribution in [3.8, 4) is 0 Å². The van der Waals surface area contributed by atoms with Crippen LogP contribution in [0.3, 0.4) is 0 Å². The predicted molar refractivity (Wildman–Crippen MR) is 54.3 cm³/mol. The Kier molecular flexibility index (Phi) is 2.91. The molecule has 0 aliphatic carbocycles. The second-order valence-electron chi connectivity index (χ2n) is 3.46. The molecule has 0 N–H and O–H groups in total. The summed E-state index contributed by atoms with van der Waals surface area (Å²) in [6, 6.07) is 4.54. The molecule has 1 radical (unpaired) electrons. The van der Waals surface area contributed by atoms with Crippen molar-refractivity contribution < 1.29 is 0 Å². The maximum atomic E-state index is 3.86. The molecule has 0 unspecified atom stereocenters. The molecule has 0 amide bonds. The van der Waals surface area contributed by atoms with Gasteiger partial charge in [0.2, 0.25) is 0 Å². The van der Waals surface area contributed by atoms with Crippen LogP contribution in [-0.4, -0.2) is 0 Å². The molecule has 0 nitrogen and oxygen atoms in total. The Morgan fingerprint density at radius 2 is 1.58 bits per heavy atom. The summed E-state index contributed by atoms with van der Waals surface area (Å²) in [5.74, 6) is 0. The van der Waals surface area contributed by atoms with E-state index in [1.165, 1.54) is 22.3 Å². The number of benzene rings is 1. The van der Waals surface area contributed by atoms with Crippen LogP contribution in [0.5, 0.6) is 0 Å². The lowest BCUT2D eigenvalue weighted by Crippen LogP contribution is -1.91. The normalized spacial score (nSPS) is 10.3. The van der Waals surface area contributed by atoms with Crippen LogP contribution >= 0.6 is 0 Å². The van der Waals surface area contributed by atoms with E-state index < -0.39 is 0 Å². The fourth-order valence-electron chi connectivity index (χ4n) is 1.47. The molecule has 0 heterocycles. The molecular weight excluding hydrogens is 144 g/mol. The Hall–Kier alpha value is -0.780. The lowest BCUT2D eigenvalue weighted by molar-refractivity contribution is 0.989. The van der Waals surface area contributed by atoms with Crippen molar-refractivity contribution in [2.75, 3.05) is 0 Å². The van der Waals surface area contributed by atoms with E-state index in [0.717, 1.165) is 12.8 Å². The minimum Gasteiger partial charge on any atom is -0.0558 e. The van der Waals surface area contributed by atoms with Gasteiger partial charge < -0.3 is 0 Å². The molecule has 0 spiro atoms. The first-order chi connectivity index (χ1) is 5.65. The topological polar surface area (TPSA) is 0 Å². The monoisotopic (exact) mass is 161 g/mol. The van der Waals surface area contributed by atoms with Gasteiger partial charge in [0.15, 0.2) is 0 Å². The van der Waals surface area contributed by atoms with Crippen LogP contribution in [0.4, 0.5) is 0 Å². The van der Waals surface area contributed by atoms with E-state index in [-0.39, 0.29) is 0 Å². The van der Waals surface area contributed by atoms with Crippen LogP contribution in [0.1, 0.15) is 28.7 Å². The van der Waals surface area contributed by atoms with Crippen LogP contribution in [0.15, 0.2) is 12.1 Å². The zero-order valence-electron chi connectivity index (χ0n) is 8.28. The van der Waals surface area contributed by atoms with Gasteiger partial charge in [0.1, 0.15) is 0 Å². The molecular formula is C12H17. The van der Waals surface area contributed by atoms with Gasteiger partial charge in [-0.05, 0) is 55.9 Å². The van der Waals surface area contributed by atoms with E-state index in [0.29, 0.717) is 0 Å². The van der Waals surface area contributed by atoms with Gasteiger partial charge in [0, 0.05) is 0 Å². The lowest BCUT2D eigenvalue weighted by Gasteiger charge is -2.07. The molecule has 0 aliphatic rings. The molecule has 0 saturated heterocycles. The Bertz CT molecular complexity index is 248. The van der Waals surface area contributed by atoms with E-state index in [9.17, 15) is 0 Å². The van der Waals surface area contributed by atoms with Crippen LogP contribution in [0, 0.1) is 27.7 Å². The lowest BCUT2D eigenvalue weighted by atomic mass is 9.98. The summed E-state index contributed by atoms with van der Waals surface area (Å²) in [7, 11) is 0. The molecule has 1 aromatic carbocycles. The van der Waals surface area contributed by atoms with Crippen molar-refractivity contribution in [2.24, 2.45) is 0 Å². The molecule has 1 aromatic rings. The first-order valence-corrected chi connectivity index (χ1v) is 4.51. The van der Waals surface area contributed by atoms with Gasteiger partial charge in [-0.1, -0.05) is 19.1 Å². The van der Waals surface area contributed by atoms with Gasteiger partial charge in [-0.3, -0.25) is 0 Å². The fraction of sp³-hybridized carbons (Fsp3) is 0.417. The van der Waals surface area contributed by atoms with Gasteiger partial charge in [-0.25, -0.2) is 0 Å². The van der Waals surface area contributed by atoms with Gasteiger partial charge in [-0.15, -0.1) is 0 Å². The minimum absolute atomic E-state index is 0.988. The van der Waals surface area contributed by atoms with Crippen LogP contribution in [0.2, 0.25) is 0 Å². The maximum Gasteiger partial charge on any atom is -0.0279 e. The highest BCUT2D eigenvalue weighted by Crippen LogP contribution is 2.16. The zero-order chi connectivity index (χ0) is 9.14. The van der Waals surface area contributed by atoms with Crippen LogP contribution in [-0.2, 0) is 6.42 Å². The summed E-state index contributed by atoms with van der Waals surface area (Å²) >= 11 is 0. The highest BCUT2D eigenvalue weighted by Gasteiger charge is 1.99. The highest BCUT2D eigenvalue weighted by atomic mass is 14.0. The Morgan fingerprint density at radius 1 is 1.08 bits per heavy atom. The molecule has 0 aliphatic heterocycles. The fourth-order valence-corrected chi connectivity index (χ4v) is 1.47. The first-order valence-electron chi connectivity index (χ1n) is 4.51. The summed E-state index contributed by atoms with van der Waals surface area (Å²) < 4.78 is 0. The van der Waals surface area contributed by atoms with E-state index in [1.54, 1.807) is 0 Å². The van der Waals surface area contributed by atoms with Crippen molar-refractivity contribution in [1.29, 1.82) is 0 Å². The van der Waals surface area contributed by atoms with Gasteiger partial charge >= 0.3 is 0 Å². The first kappa shape index (κ1) is 9.31. The average Bonchev–Trinajstić information content (AvgIpc) is 2.01. The summed E-state index contributed by atoms with van der Waals surface area (Å²) in [4.78, 5) is 0. The summed E-state index contributed by atoms with van der Waals surface area (Å²) in [5.41, 5.74) is 5.64. The molecule has 0 saturated carbocycles. The molecule has 1 rings (SSSR count). The summed E-state index contributed by atoms with van der Waals surface area (Å²) in [6.45, 7) is 10.4.